The van der Waals surface area contributed by atoms with Gasteiger partial charge in [-0.2, -0.15) is 0 Å². The minimum absolute atomic E-state index is 0.279. The molecule has 3 rings (SSSR count). The third kappa shape index (κ3) is 3.28. The number of hydrogen-bond donors (Lipinski definition) is 0. The largest absolute Gasteiger partial charge is 0.486 e. The van der Waals surface area contributed by atoms with E-state index in [1.54, 1.807) is 6.07 Å². The lowest BCUT2D eigenvalue weighted by Crippen LogP contribution is -2.16. The molecule has 22 heavy (non-hydrogen) atoms. The molecule has 118 valence electrons. The number of hydrogen-bond acceptors (Lipinski definition) is 5. The zero-order valence-corrected chi connectivity index (χ0v) is 13.9. The molecule has 1 aromatic carbocycles. The van der Waals surface area contributed by atoms with Crippen molar-refractivity contribution in [2.75, 3.05) is 13.2 Å². The third-order valence-electron chi connectivity index (χ3n) is 3.34. The summed E-state index contributed by atoms with van der Waals surface area (Å²) in [4.78, 5) is 4.25. The van der Waals surface area contributed by atoms with Crippen LogP contribution >= 0.6 is 11.6 Å². The summed E-state index contributed by atoms with van der Waals surface area (Å²) in [6.45, 7) is 4.69. The number of aromatic nitrogens is 1. The molecule has 1 aliphatic heterocycles. The van der Waals surface area contributed by atoms with Crippen molar-refractivity contribution in [2.45, 2.75) is 25.4 Å². The van der Waals surface area contributed by atoms with Crippen LogP contribution in [0.15, 0.2) is 16.5 Å². The smallest absolute Gasteiger partial charge is 0.207 e. The van der Waals surface area contributed by atoms with E-state index >= 15 is 0 Å². The van der Waals surface area contributed by atoms with Crippen LogP contribution in [-0.2, 0) is 22.3 Å². The van der Waals surface area contributed by atoms with Crippen molar-refractivity contribution in [2.24, 2.45) is 0 Å². The number of fused-ring (bicyclic) bond motifs is 1. The Morgan fingerprint density at radius 1 is 1.23 bits per heavy atom. The maximum absolute atomic E-state index is 12.3. The van der Waals surface area contributed by atoms with E-state index in [2.05, 4.69) is 4.98 Å². The van der Waals surface area contributed by atoms with E-state index in [0.717, 1.165) is 17.0 Å². The molecule has 0 aliphatic carbocycles. The molecule has 0 radical (unpaired) electrons. The van der Waals surface area contributed by atoms with Gasteiger partial charge in [-0.1, -0.05) is 11.6 Å². The van der Waals surface area contributed by atoms with Gasteiger partial charge in [0.2, 0.25) is 5.89 Å². The van der Waals surface area contributed by atoms with Crippen LogP contribution in [0.1, 0.15) is 22.9 Å². The van der Waals surface area contributed by atoms with Crippen LogP contribution in [-0.4, -0.2) is 22.4 Å². The highest BCUT2D eigenvalue weighted by molar-refractivity contribution is 7.83. The molecule has 2 aromatic rings. The van der Waals surface area contributed by atoms with Gasteiger partial charge in [-0.25, -0.2) is 4.98 Å². The molecule has 0 N–H and O–H groups in total. The quantitative estimate of drug-likeness (QED) is 0.854. The number of rotatable bonds is 4. The standard InChI is InChI=1S/C15H16ClNO4S/c1-9-10(2)21-14(17-9)8-22(18)7-11-5-12(16)15-13(6-11)19-3-4-20-15/h5-6H,3-4,7-8H2,1-2H3. The molecule has 1 aliphatic rings. The summed E-state index contributed by atoms with van der Waals surface area (Å²) < 4.78 is 28.7. The summed E-state index contributed by atoms with van der Waals surface area (Å²) in [5.74, 6) is 3.05. The number of halogens is 1. The Morgan fingerprint density at radius 2 is 2.00 bits per heavy atom. The number of nitrogens with zero attached hydrogens (tertiary/aromatic N) is 1. The van der Waals surface area contributed by atoms with Crippen LogP contribution in [0.4, 0.5) is 0 Å². The number of aryl methyl sites for hydroxylation is 2. The normalized spacial score (nSPS) is 14.9. The van der Waals surface area contributed by atoms with Gasteiger partial charge in [-0.15, -0.1) is 0 Å². The zero-order valence-electron chi connectivity index (χ0n) is 12.3. The van der Waals surface area contributed by atoms with Crippen molar-refractivity contribution in [1.29, 1.82) is 0 Å². The van der Waals surface area contributed by atoms with Crippen molar-refractivity contribution in [3.63, 3.8) is 0 Å². The average Bonchev–Trinajstić information content (AvgIpc) is 2.77. The summed E-state index contributed by atoms with van der Waals surface area (Å²) in [6, 6.07) is 3.59. The highest BCUT2D eigenvalue weighted by Crippen LogP contribution is 2.38. The molecule has 0 saturated heterocycles. The Hall–Kier alpha value is -1.53. The van der Waals surface area contributed by atoms with Crippen LogP contribution in [0.2, 0.25) is 5.02 Å². The van der Waals surface area contributed by atoms with Crippen molar-refractivity contribution < 1.29 is 18.1 Å². The fourth-order valence-electron chi connectivity index (χ4n) is 2.22. The van der Waals surface area contributed by atoms with Crippen LogP contribution in [0.25, 0.3) is 0 Å². The van der Waals surface area contributed by atoms with E-state index in [1.165, 1.54) is 0 Å². The fourth-order valence-corrected chi connectivity index (χ4v) is 3.55. The molecule has 2 heterocycles. The minimum Gasteiger partial charge on any atom is -0.486 e. The minimum atomic E-state index is -1.14. The van der Waals surface area contributed by atoms with Gasteiger partial charge in [0.1, 0.15) is 24.7 Å². The molecule has 1 unspecified atom stereocenters. The van der Waals surface area contributed by atoms with Gasteiger partial charge in [0.05, 0.1) is 10.7 Å². The van der Waals surface area contributed by atoms with Crippen LogP contribution in [0.5, 0.6) is 11.5 Å². The Bertz CT molecular complexity index is 709. The van der Waals surface area contributed by atoms with E-state index in [0.29, 0.717) is 41.4 Å². The first-order valence-corrected chi connectivity index (χ1v) is 8.75. The first-order chi connectivity index (χ1) is 10.5. The Kier molecular flexibility index (Phi) is 4.40. The van der Waals surface area contributed by atoms with E-state index in [1.807, 2.05) is 19.9 Å². The van der Waals surface area contributed by atoms with Crippen molar-refractivity contribution in [3.8, 4) is 11.5 Å². The van der Waals surface area contributed by atoms with Gasteiger partial charge in [0.15, 0.2) is 11.5 Å². The van der Waals surface area contributed by atoms with Crippen LogP contribution < -0.4 is 9.47 Å². The second-order valence-corrected chi connectivity index (χ2v) is 6.94. The predicted octanol–water partition coefficient (Wildman–Crippen LogP) is 3.16. The van der Waals surface area contributed by atoms with Crippen LogP contribution in [0.3, 0.4) is 0 Å². The first-order valence-electron chi connectivity index (χ1n) is 6.89. The monoisotopic (exact) mass is 341 g/mol. The molecule has 0 bridgehead atoms. The Labute approximate surface area is 136 Å². The van der Waals surface area contributed by atoms with Gasteiger partial charge in [0, 0.05) is 16.6 Å². The second-order valence-electron chi connectivity index (χ2n) is 5.08. The number of ether oxygens (including phenoxy) is 2. The summed E-state index contributed by atoms with van der Waals surface area (Å²) in [5, 5.41) is 0.479. The maximum atomic E-state index is 12.3. The lowest BCUT2D eigenvalue weighted by atomic mass is 10.2. The van der Waals surface area contributed by atoms with E-state index in [-0.39, 0.29) is 5.75 Å². The summed E-state index contributed by atoms with van der Waals surface area (Å²) >= 11 is 6.18. The summed E-state index contributed by atoms with van der Waals surface area (Å²) in [5.41, 5.74) is 1.67. The fraction of sp³-hybridized carbons (Fsp3) is 0.400. The molecule has 0 amide bonds. The lowest BCUT2D eigenvalue weighted by molar-refractivity contribution is 0.171. The van der Waals surface area contributed by atoms with Crippen molar-refractivity contribution in [1.82, 2.24) is 4.98 Å². The number of benzene rings is 1. The average molecular weight is 342 g/mol. The maximum Gasteiger partial charge on any atom is 0.207 e. The van der Waals surface area contributed by atoms with Crippen molar-refractivity contribution in [3.05, 3.63) is 40.1 Å². The van der Waals surface area contributed by atoms with Crippen molar-refractivity contribution >= 4 is 22.4 Å². The highest BCUT2D eigenvalue weighted by Gasteiger charge is 2.18. The van der Waals surface area contributed by atoms with Gasteiger partial charge in [0.25, 0.3) is 0 Å². The van der Waals surface area contributed by atoms with Gasteiger partial charge < -0.3 is 13.9 Å². The second kappa shape index (κ2) is 6.30. The molecular formula is C15H16ClNO4S. The molecular weight excluding hydrogens is 326 g/mol. The molecule has 5 nitrogen and oxygen atoms in total. The van der Waals surface area contributed by atoms with Crippen LogP contribution in [0, 0.1) is 13.8 Å². The summed E-state index contributed by atoms with van der Waals surface area (Å²) in [7, 11) is -1.14. The van der Waals surface area contributed by atoms with E-state index in [4.69, 9.17) is 25.5 Å². The third-order valence-corrected chi connectivity index (χ3v) is 4.85. The molecule has 1 atom stereocenters. The number of oxazole rings is 1. The molecule has 7 heteroatoms. The molecule has 0 fully saturated rings. The topological polar surface area (TPSA) is 61.6 Å². The van der Waals surface area contributed by atoms with Gasteiger partial charge >= 0.3 is 0 Å². The van der Waals surface area contributed by atoms with E-state index < -0.39 is 10.8 Å². The molecule has 0 spiro atoms. The lowest BCUT2D eigenvalue weighted by Gasteiger charge is -2.20. The molecule has 1 aromatic heterocycles. The SMILES string of the molecule is Cc1nc(CS(=O)Cc2cc(Cl)c3c(c2)OCCO3)oc1C. The summed E-state index contributed by atoms with van der Waals surface area (Å²) in [6.07, 6.45) is 0. The van der Waals surface area contributed by atoms with E-state index in [9.17, 15) is 4.21 Å². The zero-order chi connectivity index (χ0) is 15.7. The van der Waals surface area contributed by atoms with Gasteiger partial charge in [-0.3, -0.25) is 4.21 Å². The first kappa shape index (κ1) is 15.4. The molecule has 0 saturated carbocycles. The Balaban J connectivity index is 1.72. The highest BCUT2D eigenvalue weighted by atomic mass is 35.5. The Morgan fingerprint density at radius 3 is 2.73 bits per heavy atom. The van der Waals surface area contributed by atoms with Gasteiger partial charge in [-0.05, 0) is 31.5 Å². The predicted molar refractivity (Wildman–Crippen MR) is 84.0 cm³/mol.